The zero-order valence-corrected chi connectivity index (χ0v) is 16.8. The fraction of sp³-hybridized carbons (Fsp3) is 0.478. The smallest absolute Gasteiger partial charge is 0.124 e. The molecule has 1 fully saturated rings. The van der Waals surface area contributed by atoms with Crippen molar-refractivity contribution < 1.29 is 9.84 Å². The average molecular weight is 369 g/mol. The number of likely N-dealkylation sites (tertiary alicyclic amines) is 1. The highest BCUT2D eigenvalue weighted by molar-refractivity contribution is 5.34. The molecule has 0 bridgehead atoms. The first-order valence-electron chi connectivity index (χ1n) is 9.80. The van der Waals surface area contributed by atoms with E-state index in [1.54, 1.807) is 0 Å². The topological polar surface area (TPSA) is 35.9 Å². The number of ether oxygens (including phenoxy) is 1. The SMILES string of the molecule is Cc1ccccc1COc1ccccc1CN1C[C@@H](CN(C)C)[C@@H](CO)C1. The summed E-state index contributed by atoms with van der Waals surface area (Å²) >= 11 is 0. The van der Waals surface area contributed by atoms with Crippen molar-refractivity contribution in [2.24, 2.45) is 11.8 Å². The highest BCUT2D eigenvalue weighted by Gasteiger charge is 2.32. The Labute approximate surface area is 163 Å². The van der Waals surface area contributed by atoms with Crippen molar-refractivity contribution in [1.82, 2.24) is 9.80 Å². The molecule has 1 saturated heterocycles. The fourth-order valence-electron chi connectivity index (χ4n) is 3.99. The van der Waals surface area contributed by atoms with Gasteiger partial charge in [0.15, 0.2) is 0 Å². The summed E-state index contributed by atoms with van der Waals surface area (Å²) in [5, 5.41) is 9.75. The molecule has 2 aromatic rings. The summed E-state index contributed by atoms with van der Waals surface area (Å²) in [6.07, 6.45) is 0. The van der Waals surface area contributed by atoms with Crippen LogP contribution in [0.3, 0.4) is 0 Å². The first-order chi connectivity index (χ1) is 13.1. The van der Waals surface area contributed by atoms with Crippen LogP contribution >= 0.6 is 0 Å². The molecule has 0 unspecified atom stereocenters. The number of hydrogen-bond donors (Lipinski definition) is 1. The highest BCUT2D eigenvalue weighted by Crippen LogP contribution is 2.28. The lowest BCUT2D eigenvalue weighted by Gasteiger charge is -2.20. The van der Waals surface area contributed by atoms with Gasteiger partial charge in [-0.15, -0.1) is 0 Å². The quantitative estimate of drug-likeness (QED) is 0.776. The molecule has 0 saturated carbocycles. The van der Waals surface area contributed by atoms with E-state index < -0.39 is 0 Å². The maximum absolute atomic E-state index is 9.75. The number of para-hydroxylation sites is 1. The predicted octanol–water partition coefficient (Wildman–Crippen LogP) is 3.18. The molecule has 0 amide bonds. The zero-order valence-electron chi connectivity index (χ0n) is 16.8. The normalized spacial score (nSPS) is 20.3. The van der Waals surface area contributed by atoms with E-state index in [9.17, 15) is 5.11 Å². The van der Waals surface area contributed by atoms with Crippen LogP contribution in [0.25, 0.3) is 0 Å². The molecule has 0 radical (unpaired) electrons. The molecule has 4 heteroatoms. The summed E-state index contributed by atoms with van der Waals surface area (Å²) in [4.78, 5) is 4.67. The molecule has 3 rings (SSSR count). The van der Waals surface area contributed by atoms with Crippen LogP contribution in [-0.2, 0) is 13.2 Å². The number of nitrogens with zero attached hydrogens (tertiary/aromatic N) is 2. The molecular formula is C23H32N2O2. The van der Waals surface area contributed by atoms with Gasteiger partial charge in [-0.3, -0.25) is 4.90 Å². The Bertz CT molecular complexity index is 732. The van der Waals surface area contributed by atoms with Gasteiger partial charge < -0.3 is 14.7 Å². The van der Waals surface area contributed by atoms with Crippen LogP contribution in [0.15, 0.2) is 48.5 Å². The Morgan fingerprint density at radius 2 is 1.67 bits per heavy atom. The van der Waals surface area contributed by atoms with E-state index in [0.29, 0.717) is 18.4 Å². The summed E-state index contributed by atoms with van der Waals surface area (Å²) in [7, 11) is 4.21. The third-order valence-electron chi connectivity index (χ3n) is 5.50. The molecule has 1 heterocycles. The van der Waals surface area contributed by atoms with E-state index in [0.717, 1.165) is 31.9 Å². The standard InChI is InChI=1S/C23H32N2O2/c1-18-8-4-5-10-20(18)17-27-23-11-7-6-9-19(23)13-25-14-21(12-24(2)3)22(15-25)16-26/h4-11,21-22,26H,12-17H2,1-3H3/t21-,22-/m1/s1. The first kappa shape index (κ1) is 19.9. The van der Waals surface area contributed by atoms with E-state index in [4.69, 9.17) is 4.74 Å². The van der Waals surface area contributed by atoms with Crippen LogP contribution in [0.2, 0.25) is 0 Å². The second kappa shape index (κ2) is 9.36. The molecule has 0 spiro atoms. The fourth-order valence-corrected chi connectivity index (χ4v) is 3.99. The average Bonchev–Trinajstić information content (AvgIpc) is 3.02. The van der Waals surface area contributed by atoms with Crippen molar-refractivity contribution in [2.45, 2.75) is 20.1 Å². The van der Waals surface area contributed by atoms with Crippen molar-refractivity contribution in [3.8, 4) is 5.75 Å². The minimum absolute atomic E-state index is 0.264. The van der Waals surface area contributed by atoms with E-state index in [2.05, 4.69) is 73.3 Å². The van der Waals surface area contributed by atoms with E-state index in [-0.39, 0.29) is 6.61 Å². The van der Waals surface area contributed by atoms with Crippen molar-refractivity contribution in [3.63, 3.8) is 0 Å². The van der Waals surface area contributed by atoms with Crippen LogP contribution in [-0.4, -0.2) is 55.2 Å². The zero-order chi connectivity index (χ0) is 19.2. The van der Waals surface area contributed by atoms with Crippen molar-refractivity contribution in [1.29, 1.82) is 0 Å². The summed E-state index contributed by atoms with van der Waals surface area (Å²) in [5.41, 5.74) is 3.69. The lowest BCUT2D eigenvalue weighted by molar-refractivity contribution is 0.183. The summed E-state index contributed by atoms with van der Waals surface area (Å²) < 4.78 is 6.17. The van der Waals surface area contributed by atoms with Crippen LogP contribution in [0.4, 0.5) is 0 Å². The van der Waals surface area contributed by atoms with Gasteiger partial charge in [-0.05, 0) is 50.0 Å². The maximum Gasteiger partial charge on any atom is 0.124 e. The monoisotopic (exact) mass is 368 g/mol. The van der Waals surface area contributed by atoms with Gasteiger partial charge in [-0.1, -0.05) is 42.5 Å². The van der Waals surface area contributed by atoms with E-state index in [1.165, 1.54) is 16.7 Å². The second-order valence-corrected chi connectivity index (χ2v) is 7.98. The minimum Gasteiger partial charge on any atom is -0.489 e. The van der Waals surface area contributed by atoms with Crippen LogP contribution in [0.5, 0.6) is 5.75 Å². The van der Waals surface area contributed by atoms with Gasteiger partial charge >= 0.3 is 0 Å². The largest absolute Gasteiger partial charge is 0.489 e. The predicted molar refractivity (Wildman–Crippen MR) is 110 cm³/mol. The third kappa shape index (κ3) is 5.32. The molecule has 146 valence electrons. The molecule has 27 heavy (non-hydrogen) atoms. The van der Waals surface area contributed by atoms with Crippen molar-refractivity contribution in [3.05, 3.63) is 65.2 Å². The number of aryl methyl sites for hydroxylation is 1. The first-order valence-corrected chi connectivity index (χ1v) is 9.80. The van der Waals surface area contributed by atoms with Gasteiger partial charge in [0.1, 0.15) is 12.4 Å². The lowest BCUT2D eigenvalue weighted by Crippen LogP contribution is -2.28. The van der Waals surface area contributed by atoms with E-state index >= 15 is 0 Å². The van der Waals surface area contributed by atoms with Gasteiger partial charge in [-0.2, -0.15) is 0 Å². The summed E-state index contributed by atoms with van der Waals surface area (Å²) in [6, 6.07) is 16.7. The van der Waals surface area contributed by atoms with Crippen LogP contribution in [0, 0.1) is 18.8 Å². The van der Waals surface area contributed by atoms with Gasteiger partial charge in [0, 0.05) is 38.3 Å². The Balaban J connectivity index is 1.65. The Kier molecular flexibility index (Phi) is 6.89. The Morgan fingerprint density at radius 1 is 1.00 bits per heavy atom. The summed E-state index contributed by atoms with van der Waals surface area (Å²) in [5.74, 6) is 1.83. The molecule has 0 aliphatic carbocycles. The van der Waals surface area contributed by atoms with Gasteiger partial charge in [0.2, 0.25) is 0 Å². The number of aliphatic hydroxyl groups excluding tert-OH is 1. The summed E-state index contributed by atoms with van der Waals surface area (Å²) in [6.45, 7) is 6.83. The molecule has 4 nitrogen and oxygen atoms in total. The molecular weight excluding hydrogens is 336 g/mol. The van der Waals surface area contributed by atoms with Gasteiger partial charge in [0.25, 0.3) is 0 Å². The van der Waals surface area contributed by atoms with Gasteiger partial charge in [0.05, 0.1) is 0 Å². The lowest BCUT2D eigenvalue weighted by atomic mass is 9.97. The van der Waals surface area contributed by atoms with Crippen molar-refractivity contribution >= 4 is 0 Å². The van der Waals surface area contributed by atoms with Crippen molar-refractivity contribution in [2.75, 3.05) is 40.3 Å². The third-order valence-corrected chi connectivity index (χ3v) is 5.50. The maximum atomic E-state index is 9.75. The Hall–Kier alpha value is -1.88. The Morgan fingerprint density at radius 3 is 2.37 bits per heavy atom. The van der Waals surface area contributed by atoms with Gasteiger partial charge in [-0.25, -0.2) is 0 Å². The molecule has 1 aliphatic rings. The van der Waals surface area contributed by atoms with E-state index in [1.807, 2.05) is 6.07 Å². The molecule has 1 N–H and O–H groups in total. The van der Waals surface area contributed by atoms with Crippen LogP contribution < -0.4 is 4.74 Å². The second-order valence-electron chi connectivity index (χ2n) is 7.98. The molecule has 0 aromatic heterocycles. The minimum atomic E-state index is 0.264. The number of hydrogen-bond acceptors (Lipinski definition) is 4. The molecule has 1 aliphatic heterocycles. The van der Waals surface area contributed by atoms with Crippen LogP contribution in [0.1, 0.15) is 16.7 Å². The number of rotatable bonds is 8. The number of aliphatic hydroxyl groups is 1. The molecule has 2 atom stereocenters. The highest BCUT2D eigenvalue weighted by atomic mass is 16.5. The number of benzene rings is 2. The molecule has 2 aromatic carbocycles.